The van der Waals surface area contributed by atoms with Crippen LogP contribution >= 0.6 is 0 Å². The van der Waals surface area contributed by atoms with Crippen LogP contribution in [0.1, 0.15) is 6.92 Å². The highest BCUT2D eigenvalue weighted by molar-refractivity contribution is 7.77. The lowest BCUT2D eigenvalue weighted by Crippen LogP contribution is -2.54. The predicted molar refractivity (Wildman–Crippen MR) is 110 cm³/mol. The van der Waals surface area contributed by atoms with Crippen LogP contribution < -0.4 is 24.6 Å². The highest BCUT2D eigenvalue weighted by Crippen LogP contribution is 2.36. The first kappa shape index (κ1) is 20.7. The number of nitrogens with zero attached hydrogens (tertiary/aromatic N) is 3. The second kappa shape index (κ2) is 9.48. The number of hydrazine groups is 1. The third-order valence-corrected chi connectivity index (χ3v) is 5.33. The minimum absolute atomic E-state index is 0.346. The zero-order valence-corrected chi connectivity index (χ0v) is 17.2. The SMILES string of the molecule is COc1cc2nccc(N3CCN(CCNNS(=O)O)C(C)C3)c2cc1OC. The summed E-state index contributed by atoms with van der Waals surface area (Å²) in [5, 5.41) is 1.04. The summed E-state index contributed by atoms with van der Waals surface area (Å²) in [5.41, 5.74) is 4.76. The zero-order chi connectivity index (χ0) is 20.1. The van der Waals surface area contributed by atoms with E-state index in [1.165, 1.54) is 0 Å². The lowest BCUT2D eigenvalue weighted by molar-refractivity contribution is 0.189. The third kappa shape index (κ3) is 4.70. The van der Waals surface area contributed by atoms with E-state index in [4.69, 9.17) is 14.0 Å². The Kier molecular flexibility index (Phi) is 7.03. The maximum atomic E-state index is 10.6. The number of benzene rings is 1. The topological polar surface area (TPSA) is 99.2 Å². The van der Waals surface area contributed by atoms with Crippen molar-refractivity contribution in [3.8, 4) is 11.5 Å². The Morgan fingerprint density at radius 3 is 2.71 bits per heavy atom. The minimum Gasteiger partial charge on any atom is -0.493 e. The van der Waals surface area contributed by atoms with Gasteiger partial charge < -0.3 is 14.4 Å². The lowest BCUT2D eigenvalue weighted by atomic mass is 10.1. The van der Waals surface area contributed by atoms with Crippen molar-refractivity contribution in [2.24, 2.45) is 0 Å². The van der Waals surface area contributed by atoms with Gasteiger partial charge in [-0.3, -0.25) is 14.4 Å². The molecule has 0 amide bonds. The molecule has 3 N–H and O–H groups in total. The van der Waals surface area contributed by atoms with Crippen molar-refractivity contribution in [1.29, 1.82) is 0 Å². The smallest absolute Gasteiger partial charge is 0.245 e. The van der Waals surface area contributed by atoms with Gasteiger partial charge in [-0.05, 0) is 19.1 Å². The number of nitrogens with one attached hydrogen (secondary N) is 2. The molecule has 0 saturated carbocycles. The van der Waals surface area contributed by atoms with Gasteiger partial charge in [0.05, 0.1) is 19.7 Å². The summed E-state index contributed by atoms with van der Waals surface area (Å²) in [5.74, 6) is 1.36. The van der Waals surface area contributed by atoms with Gasteiger partial charge in [0.2, 0.25) is 11.3 Å². The van der Waals surface area contributed by atoms with Crippen molar-refractivity contribution in [1.82, 2.24) is 20.1 Å². The molecule has 154 valence electrons. The molecule has 1 aliphatic heterocycles. The molecule has 1 aromatic carbocycles. The Morgan fingerprint density at radius 2 is 2.04 bits per heavy atom. The summed E-state index contributed by atoms with van der Waals surface area (Å²) >= 11 is -2.04. The van der Waals surface area contributed by atoms with Crippen LogP contribution in [0, 0.1) is 0 Å². The van der Waals surface area contributed by atoms with Gasteiger partial charge >= 0.3 is 0 Å². The van der Waals surface area contributed by atoms with E-state index in [-0.39, 0.29) is 0 Å². The Bertz CT molecular complexity index is 837. The van der Waals surface area contributed by atoms with Gasteiger partial charge in [0.25, 0.3) is 0 Å². The predicted octanol–water partition coefficient (Wildman–Crippen LogP) is 0.993. The number of hydrogen-bond acceptors (Lipinski definition) is 7. The number of piperazine rings is 1. The van der Waals surface area contributed by atoms with Crippen LogP contribution in [-0.4, -0.2) is 71.6 Å². The van der Waals surface area contributed by atoms with E-state index in [9.17, 15) is 4.21 Å². The maximum absolute atomic E-state index is 10.6. The van der Waals surface area contributed by atoms with Gasteiger partial charge in [0, 0.05) is 62.1 Å². The molecule has 2 atom stereocenters. The molecule has 3 rings (SSSR count). The molecule has 10 heteroatoms. The van der Waals surface area contributed by atoms with Crippen molar-refractivity contribution >= 4 is 27.9 Å². The number of aromatic nitrogens is 1. The lowest BCUT2D eigenvalue weighted by Gasteiger charge is -2.41. The number of fused-ring (bicyclic) bond motifs is 1. The molecule has 28 heavy (non-hydrogen) atoms. The molecule has 2 aromatic rings. The molecule has 0 radical (unpaired) electrons. The molecule has 1 fully saturated rings. The van der Waals surface area contributed by atoms with E-state index >= 15 is 0 Å². The van der Waals surface area contributed by atoms with Crippen molar-refractivity contribution in [3.63, 3.8) is 0 Å². The Morgan fingerprint density at radius 1 is 1.29 bits per heavy atom. The van der Waals surface area contributed by atoms with Crippen molar-refractivity contribution in [2.45, 2.75) is 13.0 Å². The Hall–Kier alpha value is -1.98. The zero-order valence-electron chi connectivity index (χ0n) is 16.3. The fourth-order valence-corrected chi connectivity index (χ4v) is 3.82. The van der Waals surface area contributed by atoms with Crippen molar-refractivity contribution < 1.29 is 18.2 Å². The monoisotopic (exact) mass is 409 g/mol. The summed E-state index contributed by atoms with van der Waals surface area (Å²) in [6, 6.07) is 6.27. The van der Waals surface area contributed by atoms with Crippen LogP contribution in [-0.2, 0) is 11.3 Å². The first-order chi connectivity index (χ1) is 13.5. The largest absolute Gasteiger partial charge is 0.493 e. The molecule has 2 heterocycles. The molecule has 0 aliphatic carbocycles. The van der Waals surface area contributed by atoms with Crippen LogP contribution in [0.2, 0.25) is 0 Å². The Balaban J connectivity index is 1.72. The molecule has 2 unspecified atom stereocenters. The van der Waals surface area contributed by atoms with Gasteiger partial charge in [0.1, 0.15) is 0 Å². The number of anilines is 1. The summed E-state index contributed by atoms with van der Waals surface area (Å²) < 4.78 is 30.2. The van der Waals surface area contributed by atoms with E-state index < -0.39 is 11.3 Å². The molecule has 1 aromatic heterocycles. The van der Waals surface area contributed by atoms with Crippen LogP contribution in [0.15, 0.2) is 24.4 Å². The van der Waals surface area contributed by atoms with Gasteiger partial charge in [-0.15, -0.1) is 0 Å². The minimum atomic E-state index is -2.04. The number of methoxy groups -OCH3 is 2. The summed E-state index contributed by atoms with van der Waals surface area (Å²) in [6.07, 6.45) is 1.82. The van der Waals surface area contributed by atoms with Gasteiger partial charge in [-0.1, -0.05) is 0 Å². The fraction of sp³-hybridized carbons (Fsp3) is 0.500. The summed E-state index contributed by atoms with van der Waals surface area (Å²) in [4.78, 5) is 11.5. The normalized spacial score (nSPS) is 19.0. The molecule has 0 bridgehead atoms. The average molecular weight is 410 g/mol. The first-order valence-electron chi connectivity index (χ1n) is 9.12. The van der Waals surface area contributed by atoms with E-state index in [0.29, 0.717) is 24.1 Å². The highest BCUT2D eigenvalue weighted by atomic mass is 32.2. The van der Waals surface area contributed by atoms with E-state index in [2.05, 4.69) is 32.0 Å². The quantitative estimate of drug-likeness (QED) is 0.337. The number of hydrogen-bond donors (Lipinski definition) is 3. The molecule has 9 nitrogen and oxygen atoms in total. The van der Waals surface area contributed by atoms with Crippen molar-refractivity contribution in [3.05, 3.63) is 24.4 Å². The summed E-state index contributed by atoms with van der Waals surface area (Å²) in [6.45, 7) is 6.25. The molecular weight excluding hydrogens is 382 g/mol. The average Bonchev–Trinajstić information content (AvgIpc) is 2.70. The third-order valence-electron chi connectivity index (χ3n) is 5.01. The van der Waals surface area contributed by atoms with Gasteiger partial charge in [-0.2, -0.15) is 4.83 Å². The fourth-order valence-electron chi connectivity index (χ4n) is 3.59. The standard InChI is InChI=1S/C18H27N5O4S/c1-13-12-23(9-8-22(13)7-6-20-21-28(24)25)16-4-5-19-15-11-18(27-3)17(26-2)10-14(15)16/h4-5,10-11,13,20-21H,6-9,12H2,1-3H3,(H,24,25). The van der Waals surface area contributed by atoms with Crippen LogP contribution in [0.25, 0.3) is 10.9 Å². The molecule has 1 aliphatic rings. The first-order valence-corrected chi connectivity index (χ1v) is 10.2. The number of ether oxygens (including phenoxy) is 2. The number of rotatable bonds is 8. The van der Waals surface area contributed by atoms with Crippen LogP contribution in [0.5, 0.6) is 11.5 Å². The maximum Gasteiger partial charge on any atom is 0.245 e. The van der Waals surface area contributed by atoms with Crippen LogP contribution in [0.4, 0.5) is 5.69 Å². The molecule has 0 spiro atoms. The molecule has 1 saturated heterocycles. The van der Waals surface area contributed by atoms with Gasteiger partial charge in [-0.25, -0.2) is 9.63 Å². The Labute approximate surface area is 167 Å². The second-order valence-corrected chi connectivity index (χ2v) is 7.37. The number of pyridine rings is 1. The van der Waals surface area contributed by atoms with E-state index in [1.807, 2.05) is 24.4 Å². The van der Waals surface area contributed by atoms with E-state index in [1.54, 1.807) is 14.2 Å². The van der Waals surface area contributed by atoms with Crippen LogP contribution in [0.3, 0.4) is 0 Å². The molecular formula is C18H27N5O4S. The second-order valence-electron chi connectivity index (χ2n) is 6.66. The summed E-state index contributed by atoms with van der Waals surface area (Å²) in [7, 11) is 3.26. The van der Waals surface area contributed by atoms with Gasteiger partial charge in [0.15, 0.2) is 11.5 Å². The van der Waals surface area contributed by atoms with E-state index in [0.717, 1.165) is 42.8 Å². The highest BCUT2D eigenvalue weighted by Gasteiger charge is 2.25. The van der Waals surface area contributed by atoms with Crippen molar-refractivity contribution in [2.75, 3.05) is 51.8 Å².